The summed E-state index contributed by atoms with van der Waals surface area (Å²) in [5, 5.41) is 9.03. The zero-order valence-corrected chi connectivity index (χ0v) is 17.1. The van der Waals surface area contributed by atoms with Crippen LogP contribution in [-0.4, -0.2) is 41.6 Å². The van der Waals surface area contributed by atoms with E-state index in [9.17, 15) is 9.59 Å². The van der Waals surface area contributed by atoms with E-state index < -0.39 is 5.97 Å². The van der Waals surface area contributed by atoms with Crippen molar-refractivity contribution < 1.29 is 24.2 Å². The van der Waals surface area contributed by atoms with Crippen molar-refractivity contribution >= 4 is 11.9 Å². The van der Waals surface area contributed by atoms with E-state index in [1.54, 1.807) is 18.2 Å². The zero-order valence-electron chi connectivity index (χ0n) is 17.1. The van der Waals surface area contributed by atoms with Crippen LogP contribution in [0.4, 0.5) is 0 Å². The van der Waals surface area contributed by atoms with Crippen LogP contribution < -0.4 is 9.47 Å². The van der Waals surface area contributed by atoms with Gasteiger partial charge in [-0.25, -0.2) is 0 Å². The predicted octanol–water partition coefficient (Wildman–Crippen LogP) is 4.40. The van der Waals surface area contributed by atoms with Crippen LogP contribution in [0.3, 0.4) is 0 Å². The van der Waals surface area contributed by atoms with Crippen molar-refractivity contribution in [3.8, 4) is 17.2 Å². The molecule has 3 aromatic carbocycles. The molecule has 3 aromatic rings. The van der Waals surface area contributed by atoms with Crippen LogP contribution in [-0.2, 0) is 16.0 Å². The number of benzene rings is 3. The number of carbonyl (C=O) groups is 2. The summed E-state index contributed by atoms with van der Waals surface area (Å²) in [5.74, 6) is 0.395. The summed E-state index contributed by atoms with van der Waals surface area (Å²) in [6, 6.07) is 26.2. The largest absolute Gasteiger partial charge is 0.481 e. The third kappa shape index (κ3) is 7.19. The smallest absolute Gasteiger partial charge is 0.305 e. The minimum atomic E-state index is -0.944. The molecule has 6 nitrogen and oxygen atoms in total. The van der Waals surface area contributed by atoms with Crippen molar-refractivity contribution in [2.45, 2.75) is 12.8 Å². The number of carboxylic acids is 1. The molecule has 0 aliphatic carbocycles. The number of rotatable bonds is 11. The fraction of sp³-hybridized carbons (Fsp3) is 0.200. The van der Waals surface area contributed by atoms with Crippen molar-refractivity contribution in [3.05, 3.63) is 90.5 Å². The van der Waals surface area contributed by atoms with Gasteiger partial charge in [0.2, 0.25) is 0 Å². The number of aliphatic carboxylic acids is 1. The van der Waals surface area contributed by atoms with Crippen LogP contribution in [0.5, 0.6) is 17.2 Å². The highest BCUT2D eigenvalue weighted by molar-refractivity contribution is 5.78. The van der Waals surface area contributed by atoms with Gasteiger partial charge in [-0.05, 0) is 36.2 Å². The van der Waals surface area contributed by atoms with Crippen molar-refractivity contribution in [2.24, 2.45) is 0 Å². The van der Waals surface area contributed by atoms with Gasteiger partial charge in [0.05, 0.1) is 6.42 Å². The van der Waals surface area contributed by atoms with Gasteiger partial charge in [0.15, 0.2) is 18.1 Å². The van der Waals surface area contributed by atoms with Gasteiger partial charge in [-0.3, -0.25) is 9.59 Å². The van der Waals surface area contributed by atoms with E-state index in [2.05, 4.69) is 0 Å². The number of ether oxygens (including phenoxy) is 2. The van der Waals surface area contributed by atoms with Crippen LogP contribution >= 0.6 is 0 Å². The van der Waals surface area contributed by atoms with Crippen LogP contribution in [0.2, 0.25) is 0 Å². The molecule has 0 aliphatic rings. The highest BCUT2D eigenvalue weighted by atomic mass is 16.5. The Hall–Kier alpha value is -3.80. The maximum absolute atomic E-state index is 12.8. The van der Waals surface area contributed by atoms with Gasteiger partial charge < -0.3 is 19.5 Å². The molecule has 6 heteroatoms. The Morgan fingerprint density at radius 3 is 2.06 bits per heavy atom. The second-order valence-electron chi connectivity index (χ2n) is 6.91. The molecule has 0 unspecified atom stereocenters. The molecular weight excluding hydrogens is 394 g/mol. The Balaban J connectivity index is 1.62. The lowest BCUT2D eigenvalue weighted by Gasteiger charge is -2.22. The summed E-state index contributed by atoms with van der Waals surface area (Å²) in [4.78, 5) is 25.3. The van der Waals surface area contributed by atoms with E-state index in [0.29, 0.717) is 30.2 Å². The van der Waals surface area contributed by atoms with Crippen molar-refractivity contribution in [3.63, 3.8) is 0 Å². The van der Waals surface area contributed by atoms with Gasteiger partial charge in [0, 0.05) is 13.1 Å². The van der Waals surface area contributed by atoms with Crippen LogP contribution in [0.15, 0.2) is 84.9 Å². The third-order valence-corrected chi connectivity index (χ3v) is 4.63. The van der Waals surface area contributed by atoms with E-state index >= 15 is 0 Å². The summed E-state index contributed by atoms with van der Waals surface area (Å²) in [6.07, 6.45) is 0.522. The Kier molecular flexibility index (Phi) is 8.05. The summed E-state index contributed by atoms with van der Waals surface area (Å²) >= 11 is 0. The van der Waals surface area contributed by atoms with E-state index in [1.807, 2.05) is 66.7 Å². The minimum absolute atomic E-state index is 0.117. The topological polar surface area (TPSA) is 76.1 Å². The molecule has 0 fully saturated rings. The fourth-order valence-electron chi connectivity index (χ4n) is 3.00. The van der Waals surface area contributed by atoms with Crippen molar-refractivity contribution in [2.75, 3.05) is 19.7 Å². The van der Waals surface area contributed by atoms with Gasteiger partial charge in [0.1, 0.15) is 5.75 Å². The molecule has 0 bridgehead atoms. The standard InChI is InChI=1S/C25H25NO5/c27-24(26(18-16-25(28)29)17-15-20-9-3-1-4-10-20)19-30-22-13-7-8-14-23(22)31-21-11-5-2-6-12-21/h1-14H,15-19H2,(H,28,29). The van der Waals surface area contributed by atoms with Gasteiger partial charge in [0.25, 0.3) is 5.91 Å². The summed E-state index contributed by atoms with van der Waals surface area (Å²) in [7, 11) is 0. The van der Waals surface area contributed by atoms with E-state index in [0.717, 1.165) is 5.56 Å². The van der Waals surface area contributed by atoms with Gasteiger partial charge >= 0.3 is 5.97 Å². The second-order valence-corrected chi connectivity index (χ2v) is 6.91. The number of nitrogens with zero attached hydrogens (tertiary/aromatic N) is 1. The summed E-state index contributed by atoms with van der Waals surface area (Å²) in [5.41, 5.74) is 1.08. The average molecular weight is 419 g/mol. The first-order valence-corrected chi connectivity index (χ1v) is 10.1. The van der Waals surface area contributed by atoms with Crippen molar-refractivity contribution in [1.82, 2.24) is 4.90 Å². The van der Waals surface area contributed by atoms with Crippen LogP contribution in [0, 0.1) is 0 Å². The Morgan fingerprint density at radius 2 is 1.39 bits per heavy atom. The number of carbonyl (C=O) groups excluding carboxylic acids is 1. The minimum Gasteiger partial charge on any atom is -0.481 e. The molecule has 0 saturated carbocycles. The molecule has 0 heterocycles. The summed E-state index contributed by atoms with van der Waals surface area (Å²) < 4.78 is 11.6. The second kappa shape index (κ2) is 11.4. The van der Waals surface area contributed by atoms with Crippen LogP contribution in [0.1, 0.15) is 12.0 Å². The maximum atomic E-state index is 12.8. The molecule has 0 aliphatic heterocycles. The van der Waals surface area contributed by atoms with Gasteiger partial charge in [-0.2, -0.15) is 0 Å². The SMILES string of the molecule is O=C(O)CCN(CCc1ccccc1)C(=O)COc1ccccc1Oc1ccccc1. The summed E-state index contributed by atoms with van der Waals surface area (Å²) in [6.45, 7) is 0.345. The van der Waals surface area contributed by atoms with E-state index in [-0.39, 0.29) is 25.5 Å². The lowest BCUT2D eigenvalue weighted by Crippen LogP contribution is -2.38. The quantitative estimate of drug-likeness (QED) is 0.498. The highest BCUT2D eigenvalue weighted by Crippen LogP contribution is 2.31. The zero-order chi connectivity index (χ0) is 21.9. The number of amides is 1. The first kappa shape index (κ1) is 21.9. The molecule has 0 aromatic heterocycles. The fourth-order valence-corrected chi connectivity index (χ4v) is 3.00. The molecule has 160 valence electrons. The molecule has 3 rings (SSSR count). The monoisotopic (exact) mass is 419 g/mol. The van der Waals surface area contributed by atoms with Crippen LogP contribution in [0.25, 0.3) is 0 Å². The lowest BCUT2D eigenvalue weighted by molar-refractivity contribution is -0.139. The average Bonchev–Trinajstić information content (AvgIpc) is 2.79. The molecule has 0 spiro atoms. The molecule has 1 amide bonds. The molecule has 0 radical (unpaired) electrons. The highest BCUT2D eigenvalue weighted by Gasteiger charge is 2.17. The predicted molar refractivity (Wildman–Crippen MR) is 117 cm³/mol. The molecule has 1 N–H and O–H groups in total. The number of hydrogen-bond acceptors (Lipinski definition) is 4. The number of para-hydroxylation sites is 3. The van der Waals surface area contributed by atoms with Gasteiger partial charge in [-0.15, -0.1) is 0 Å². The lowest BCUT2D eigenvalue weighted by atomic mass is 10.1. The van der Waals surface area contributed by atoms with Gasteiger partial charge in [-0.1, -0.05) is 60.7 Å². The number of hydrogen-bond donors (Lipinski definition) is 1. The van der Waals surface area contributed by atoms with E-state index in [4.69, 9.17) is 14.6 Å². The molecular formula is C25H25NO5. The normalized spacial score (nSPS) is 10.3. The molecule has 0 atom stereocenters. The number of carboxylic acid groups (broad SMARTS) is 1. The third-order valence-electron chi connectivity index (χ3n) is 4.63. The first-order valence-electron chi connectivity index (χ1n) is 10.1. The molecule has 31 heavy (non-hydrogen) atoms. The maximum Gasteiger partial charge on any atom is 0.305 e. The van der Waals surface area contributed by atoms with E-state index in [1.165, 1.54) is 4.90 Å². The van der Waals surface area contributed by atoms with Crippen molar-refractivity contribution in [1.29, 1.82) is 0 Å². The Morgan fingerprint density at radius 1 is 0.774 bits per heavy atom. The Bertz CT molecular complexity index is 975. The first-order chi connectivity index (χ1) is 15.1. The Labute approximate surface area is 181 Å². The molecule has 0 saturated heterocycles.